The minimum atomic E-state index is -0.170. The maximum Gasteiger partial charge on any atom is 0.252 e. The van der Waals surface area contributed by atoms with Crippen LogP contribution in [0.4, 0.5) is 0 Å². The molecule has 164 valence electrons. The maximum atomic E-state index is 13.1. The zero-order valence-corrected chi connectivity index (χ0v) is 18.3. The van der Waals surface area contributed by atoms with Gasteiger partial charge in [-0.2, -0.15) is 4.98 Å². The summed E-state index contributed by atoms with van der Waals surface area (Å²) in [4.78, 5) is 22.1. The first-order valence-corrected chi connectivity index (χ1v) is 10.7. The Kier molecular flexibility index (Phi) is 5.44. The highest BCUT2D eigenvalue weighted by Gasteiger charge is 2.14. The van der Waals surface area contributed by atoms with Gasteiger partial charge in [0.25, 0.3) is 5.91 Å². The molecule has 0 spiro atoms. The number of rotatable bonds is 6. The number of hydrogen-bond acceptors (Lipinski definition) is 6. The van der Waals surface area contributed by atoms with Crippen LogP contribution in [0.1, 0.15) is 22.1 Å². The van der Waals surface area contributed by atoms with E-state index in [4.69, 9.17) is 14.2 Å². The van der Waals surface area contributed by atoms with Crippen molar-refractivity contribution in [2.24, 2.45) is 0 Å². The van der Waals surface area contributed by atoms with Crippen LogP contribution in [-0.4, -0.2) is 34.7 Å². The van der Waals surface area contributed by atoms with Gasteiger partial charge in [0, 0.05) is 23.9 Å². The molecule has 0 bridgehead atoms. The lowest BCUT2D eigenvalue weighted by Gasteiger charge is -2.11. The summed E-state index contributed by atoms with van der Waals surface area (Å²) in [6.45, 7) is 2.16. The predicted molar refractivity (Wildman–Crippen MR) is 126 cm³/mol. The van der Waals surface area contributed by atoms with E-state index in [1.165, 1.54) is 0 Å². The molecule has 3 aromatic carbocycles. The van der Waals surface area contributed by atoms with Crippen LogP contribution >= 0.6 is 0 Å². The number of aromatic nitrogens is 3. The van der Waals surface area contributed by atoms with E-state index < -0.39 is 0 Å². The van der Waals surface area contributed by atoms with E-state index in [0.29, 0.717) is 30.2 Å². The third kappa shape index (κ3) is 4.25. The Hall–Kier alpha value is -4.26. The molecule has 1 amide bonds. The van der Waals surface area contributed by atoms with Crippen molar-refractivity contribution in [2.45, 2.75) is 13.3 Å². The number of para-hydroxylation sites is 1. The summed E-state index contributed by atoms with van der Waals surface area (Å²) in [6, 6.07) is 21.6. The van der Waals surface area contributed by atoms with Gasteiger partial charge in [-0.1, -0.05) is 41.6 Å². The van der Waals surface area contributed by atoms with E-state index in [-0.39, 0.29) is 5.91 Å². The van der Waals surface area contributed by atoms with Crippen molar-refractivity contribution in [3.63, 3.8) is 0 Å². The van der Waals surface area contributed by atoms with E-state index >= 15 is 0 Å². The standard InChI is InChI=1S/C26H22N4O3/c1-16-28-25(33-30-16)11-12-27-26(31)22-15-24(29-23-6-4-3-5-21(22)23)19-8-7-18-14-20(32-2)10-9-17(18)13-19/h3-10,13-15H,11-12H2,1-2H3,(H,27,31). The first-order valence-electron chi connectivity index (χ1n) is 10.7. The number of carbonyl (C=O) groups is 1. The van der Waals surface area contributed by atoms with Crippen molar-refractivity contribution in [3.05, 3.63) is 84.0 Å². The first kappa shape index (κ1) is 20.6. The van der Waals surface area contributed by atoms with Gasteiger partial charge in [-0.15, -0.1) is 0 Å². The van der Waals surface area contributed by atoms with Crippen LogP contribution in [0.2, 0.25) is 0 Å². The lowest BCUT2D eigenvalue weighted by atomic mass is 10.0. The molecule has 0 aliphatic rings. The summed E-state index contributed by atoms with van der Waals surface area (Å²) in [5.41, 5.74) is 3.02. The van der Waals surface area contributed by atoms with E-state index in [1.54, 1.807) is 14.0 Å². The predicted octanol–water partition coefficient (Wildman–Crippen LogP) is 4.73. The van der Waals surface area contributed by atoms with Crippen molar-refractivity contribution in [1.29, 1.82) is 0 Å². The Morgan fingerprint density at radius 2 is 1.82 bits per heavy atom. The maximum absolute atomic E-state index is 13.1. The summed E-state index contributed by atoms with van der Waals surface area (Å²) in [5.74, 6) is 1.72. The van der Waals surface area contributed by atoms with Gasteiger partial charge in [0.1, 0.15) is 5.75 Å². The molecule has 0 aliphatic heterocycles. The molecule has 5 rings (SSSR count). The summed E-state index contributed by atoms with van der Waals surface area (Å²) >= 11 is 0. The third-order valence-corrected chi connectivity index (χ3v) is 5.50. The summed E-state index contributed by atoms with van der Waals surface area (Å²) in [7, 11) is 1.66. The quantitative estimate of drug-likeness (QED) is 0.412. The number of carbonyl (C=O) groups excluding carboxylic acids is 1. The number of nitrogens with one attached hydrogen (secondary N) is 1. The molecule has 7 nitrogen and oxygen atoms in total. The summed E-state index contributed by atoms with van der Waals surface area (Å²) in [6.07, 6.45) is 0.469. The molecule has 2 aromatic heterocycles. The highest BCUT2D eigenvalue weighted by molar-refractivity contribution is 6.07. The second-order valence-electron chi connectivity index (χ2n) is 7.74. The first-order chi connectivity index (χ1) is 16.1. The van der Waals surface area contributed by atoms with Gasteiger partial charge in [-0.05, 0) is 48.0 Å². The fourth-order valence-corrected chi connectivity index (χ4v) is 3.84. The number of pyridine rings is 1. The normalized spacial score (nSPS) is 11.1. The van der Waals surface area contributed by atoms with Gasteiger partial charge in [0.15, 0.2) is 5.82 Å². The monoisotopic (exact) mass is 438 g/mol. The van der Waals surface area contributed by atoms with Crippen molar-refractivity contribution in [2.75, 3.05) is 13.7 Å². The second-order valence-corrected chi connectivity index (χ2v) is 7.74. The Labute approximate surface area is 190 Å². The Morgan fingerprint density at radius 1 is 1.00 bits per heavy atom. The molecule has 0 saturated carbocycles. The van der Waals surface area contributed by atoms with Crippen molar-refractivity contribution < 1.29 is 14.1 Å². The van der Waals surface area contributed by atoms with E-state index in [1.807, 2.05) is 60.7 Å². The molecule has 0 atom stereocenters. The van der Waals surface area contributed by atoms with Crippen LogP contribution in [0.15, 0.2) is 71.3 Å². The minimum absolute atomic E-state index is 0.170. The van der Waals surface area contributed by atoms with Crippen molar-refractivity contribution >= 4 is 27.6 Å². The Bertz CT molecular complexity index is 1480. The lowest BCUT2D eigenvalue weighted by Crippen LogP contribution is -2.26. The zero-order valence-electron chi connectivity index (χ0n) is 18.3. The number of fused-ring (bicyclic) bond motifs is 2. The topological polar surface area (TPSA) is 90.1 Å². The minimum Gasteiger partial charge on any atom is -0.497 e. The largest absolute Gasteiger partial charge is 0.497 e. The number of benzene rings is 3. The van der Waals surface area contributed by atoms with Gasteiger partial charge < -0.3 is 14.6 Å². The van der Waals surface area contributed by atoms with Gasteiger partial charge in [-0.25, -0.2) is 4.98 Å². The Morgan fingerprint density at radius 3 is 2.64 bits per heavy atom. The highest BCUT2D eigenvalue weighted by Crippen LogP contribution is 2.29. The number of nitrogens with zero attached hydrogens (tertiary/aromatic N) is 3. The van der Waals surface area contributed by atoms with E-state index in [2.05, 4.69) is 21.5 Å². The fourth-order valence-electron chi connectivity index (χ4n) is 3.84. The molecule has 5 aromatic rings. The van der Waals surface area contributed by atoms with E-state index in [9.17, 15) is 4.79 Å². The molecule has 0 saturated heterocycles. The SMILES string of the molecule is COc1ccc2cc(-c3cc(C(=O)NCCc4nc(C)no4)c4ccccc4n3)ccc2c1. The highest BCUT2D eigenvalue weighted by atomic mass is 16.5. The van der Waals surface area contributed by atoms with Gasteiger partial charge in [-0.3, -0.25) is 4.79 Å². The zero-order chi connectivity index (χ0) is 22.8. The van der Waals surface area contributed by atoms with Gasteiger partial charge >= 0.3 is 0 Å². The number of aryl methyl sites for hydroxylation is 1. The van der Waals surface area contributed by atoms with Crippen molar-refractivity contribution in [1.82, 2.24) is 20.4 Å². The number of amides is 1. The average Bonchev–Trinajstić information content (AvgIpc) is 3.27. The number of hydrogen-bond donors (Lipinski definition) is 1. The molecule has 0 radical (unpaired) electrons. The van der Waals surface area contributed by atoms with Crippen molar-refractivity contribution in [3.8, 4) is 17.0 Å². The lowest BCUT2D eigenvalue weighted by molar-refractivity contribution is 0.0955. The molecule has 0 unspecified atom stereocenters. The van der Waals surface area contributed by atoms with Crippen LogP contribution in [0, 0.1) is 6.92 Å². The second kappa shape index (κ2) is 8.70. The van der Waals surface area contributed by atoms with Crippen LogP contribution in [0.5, 0.6) is 5.75 Å². The molecule has 7 heteroatoms. The summed E-state index contributed by atoms with van der Waals surface area (Å²) < 4.78 is 10.4. The third-order valence-electron chi connectivity index (χ3n) is 5.50. The van der Waals surface area contributed by atoms with E-state index in [0.717, 1.165) is 38.7 Å². The average molecular weight is 438 g/mol. The fraction of sp³-hybridized carbons (Fsp3) is 0.154. The Balaban J connectivity index is 1.47. The van der Waals surface area contributed by atoms with Gasteiger partial charge in [0.2, 0.25) is 5.89 Å². The summed E-state index contributed by atoms with van der Waals surface area (Å²) in [5, 5.41) is 9.69. The number of methoxy groups -OCH3 is 1. The molecule has 0 fully saturated rings. The van der Waals surface area contributed by atoms with Gasteiger partial charge in [0.05, 0.1) is 23.9 Å². The van der Waals surface area contributed by atoms with Crippen LogP contribution in [0.3, 0.4) is 0 Å². The molecule has 1 N–H and O–H groups in total. The van der Waals surface area contributed by atoms with Crippen LogP contribution in [-0.2, 0) is 6.42 Å². The number of ether oxygens (including phenoxy) is 1. The smallest absolute Gasteiger partial charge is 0.252 e. The molecule has 0 aliphatic carbocycles. The molecule has 33 heavy (non-hydrogen) atoms. The molecule has 2 heterocycles. The molecular weight excluding hydrogens is 416 g/mol. The van der Waals surface area contributed by atoms with Crippen LogP contribution in [0.25, 0.3) is 32.9 Å². The van der Waals surface area contributed by atoms with Crippen LogP contribution < -0.4 is 10.1 Å². The molecular formula is C26H22N4O3.